The van der Waals surface area contributed by atoms with Gasteiger partial charge in [-0.05, 0) is 42.5 Å². The van der Waals surface area contributed by atoms with Crippen LogP contribution in [-0.2, 0) is 11.2 Å². The molecule has 1 unspecified atom stereocenters. The summed E-state index contributed by atoms with van der Waals surface area (Å²) in [7, 11) is 0. The van der Waals surface area contributed by atoms with Crippen LogP contribution in [0, 0.1) is 0 Å². The van der Waals surface area contributed by atoms with Crippen molar-refractivity contribution in [2.75, 3.05) is 18.5 Å². The fraction of sp³-hybridized carbons (Fsp3) is 0.375. The SMILES string of the molecule is CC(=O)Nc1ccc2c(c1)CC(N1C(=S)[N]C=C1CCN)CO2. The van der Waals surface area contributed by atoms with Crippen molar-refractivity contribution in [2.45, 2.75) is 25.8 Å². The van der Waals surface area contributed by atoms with Crippen molar-refractivity contribution in [1.82, 2.24) is 10.2 Å². The number of carbonyl (C=O) groups excluding carboxylic acids is 1. The van der Waals surface area contributed by atoms with Crippen LogP contribution in [0.5, 0.6) is 5.75 Å². The van der Waals surface area contributed by atoms with Crippen LogP contribution in [0.15, 0.2) is 30.1 Å². The molecule has 0 saturated carbocycles. The number of rotatable bonds is 4. The van der Waals surface area contributed by atoms with Gasteiger partial charge in [-0.15, -0.1) is 0 Å². The molecule has 0 aliphatic carbocycles. The molecule has 3 N–H and O–H groups in total. The highest BCUT2D eigenvalue weighted by atomic mass is 32.1. The molecule has 7 heteroatoms. The van der Waals surface area contributed by atoms with Crippen molar-refractivity contribution in [1.29, 1.82) is 0 Å². The summed E-state index contributed by atoms with van der Waals surface area (Å²) in [5.41, 5.74) is 8.52. The van der Waals surface area contributed by atoms with E-state index < -0.39 is 0 Å². The Morgan fingerprint density at radius 3 is 3.13 bits per heavy atom. The molecule has 1 aromatic carbocycles. The minimum atomic E-state index is -0.0917. The molecule has 1 atom stereocenters. The maximum atomic E-state index is 11.2. The molecule has 0 fully saturated rings. The van der Waals surface area contributed by atoms with Crippen LogP contribution in [0.25, 0.3) is 0 Å². The van der Waals surface area contributed by atoms with Crippen molar-refractivity contribution in [3.63, 3.8) is 0 Å². The van der Waals surface area contributed by atoms with Crippen molar-refractivity contribution < 1.29 is 9.53 Å². The number of thiocarbonyl (C=S) groups is 1. The van der Waals surface area contributed by atoms with Gasteiger partial charge < -0.3 is 20.7 Å². The number of carbonyl (C=O) groups is 1. The Hall–Kier alpha value is -2.12. The molecule has 0 spiro atoms. The highest BCUT2D eigenvalue weighted by Crippen LogP contribution is 2.31. The number of hydrogen-bond donors (Lipinski definition) is 2. The predicted molar refractivity (Wildman–Crippen MR) is 92.1 cm³/mol. The summed E-state index contributed by atoms with van der Waals surface area (Å²) in [4.78, 5) is 13.3. The Morgan fingerprint density at radius 2 is 2.39 bits per heavy atom. The largest absolute Gasteiger partial charge is 0.491 e. The summed E-state index contributed by atoms with van der Waals surface area (Å²) in [5.74, 6) is 0.757. The second-order valence-corrected chi connectivity index (χ2v) is 5.98. The fourth-order valence-electron chi connectivity index (χ4n) is 2.93. The third kappa shape index (κ3) is 3.30. The molecule has 121 valence electrons. The van der Waals surface area contributed by atoms with E-state index in [0.29, 0.717) is 18.3 Å². The normalized spacial score (nSPS) is 19.6. The lowest BCUT2D eigenvalue weighted by atomic mass is 10.0. The number of nitrogens with zero attached hydrogens (tertiary/aromatic N) is 2. The molecule has 2 aliphatic rings. The van der Waals surface area contributed by atoms with Gasteiger partial charge in [-0.25, -0.2) is 5.32 Å². The number of fused-ring (bicyclic) bond motifs is 1. The number of amides is 1. The van der Waals surface area contributed by atoms with E-state index in [-0.39, 0.29) is 11.9 Å². The molecule has 3 rings (SSSR count). The topological polar surface area (TPSA) is 81.7 Å². The number of nitrogens with two attached hydrogens (primary N) is 1. The average Bonchev–Trinajstić information content (AvgIpc) is 2.87. The van der Waals surface area contributed by atoms with Gasteiger partial charge in [0.2, 0.25) is 5.91 Å². The summed E-state index contributed by atoms with van der Waals surface area (Å²) < 4.78 is 5.87. The highest BCUT2D eigenvalue weighted by Gasteiger charge is 2.32. The van der Waals surface area contributed by atoms with Crippen LogP contribution in [0.1, 0.15) is 18.9 Å². The van der Waals surface area contributed by atoms with Crippen molar-refractivity contribution in [3.8, 4) is 5.75 Å². The van der Waals surface area contributed by atoms with E-state index in [0.717, 1.165) is 35.5 Å². The van der Waals surface area contributed by atoms with Gasteiger partial charge in [0, 0.05) is 37.3 Å². The second-order valence-electron chi connectivity index (χ2n) is 5.61. The van der Waals surface area contributed by atoms with Crippen LogP contribution < -0.4 is 21.1 Å². The summed E-state index contributed by atoms with van der Waals surface area (Å²) in [5, 5.41) is 7.59. The first-order valence-corrected chi connectivity index (χ1v) is 7.96. The van der Waals surface area contributed by atoms with Gasteiger partial charge in [-0.3, -0.25) is 4.79 Å². The maximum Gasteiger partial charge on any atom is 0.221 e. The van der Waals surface area contributed by atoms with Gasteiger partial charge in [-0.2, -0.15) is 0 Å². The summed E-state index contributed by atoms with van der Waals surface area (Å²) in [6, 6.07) is 5.77. The Kier molecular flexibility index (Phi) is 4.49. The molecule has 1 aromatic rings. The van der Waals surface area contributed by atoms with Gasteiger partial charge in [0.15, 0.2) is 5.11 Å². The lowest BCUT2D eigenvalue weighted by Crippen LogP contribution is -2.44. The van der Waals surface area contributed by atoms with Crippen LogP contribution in [0.3, 0.4) is 0 Å². The molecule has 6 nitrogen and oxygen atoms in total. The molecule has 2 heterocycles. The van der Waals surface area contributed by atoms with Crippen LogP contribution in [-0.4, -0.2) is 35.1 Å². The van der Waals surface area contributed by atoms with E-state index in [9.17, 15) is 4.79 Å². The van der Waals surface area contributed by atoms with E-state index in [1.165, 1.54) is 6.92 Å². The standard InChI is InChI=1S/C16H19N4O2S/c1-10(21)19-12-2-3-15-11(6-12)7-14(9-22-15)20-13(4-5-17)8-18-16(20)23/h2-3,6,8,14H,4-5,7,9,17H2,1H3,(H,19,21). The summed E-state index contributed by atoms with van der Waals surface area (Å²) >= 11 is 5.35. The second kappa shape index (κ2) is 6.55. The van der Waals surface area contributed by atoms with Gasteiger partial charge in [0.25, 0.3) is 0 Å². The molecule has 2 aliphatic heterocycles. The molecule has 1 amide bonds. The third-order valence-electron chi connectivity index (χ3n) is 3.87. The Labute approximate surface area is 140 Å². The van der Waals surface area contributed by atoms with E-state index in [1.54, 1.807) is 6.20 Å². The first-order valence-electron chi connectivity index (χ1n) is 7.55. The summed E-state index contributed by atoms with van der Waals surface area (Å²) in [6.07, 6.45) is 3.30. The van der Waals surface area contributed by atoms with Crippen LogP contribution in [0.4, 0.5) is 5.69 Å². The average molecular weight is 331 g/mol. The van der Waals surface area contributed by atoms with Crippen LogP contribution in [0.2, 0.25) is 0 Å². The molecule has 23 heavy (non-hydrogen) atoms. The molecular weight excluding hydrogens is 312 g/mol. The first kappa shape index (κ1) is 15.8. The number of benzene rings is 1. The van der Waals surface area contributed by atoms with E-state index in [1.807, 2.05) is 23.1 Å². The minimum absolute atomic E-state index is 0.0895. The van der Waals surface area contributed by atoms with Gasteiger partial charge >= 0.3 is 0 Å². The highest BCUT2D eigenvalue weighted by molar-refractivity contribution is 7.80. The molecular formula is C16H19N4O2S. The van der Waals surface area contributed by atoms with Crippen molar-refractivity contribution in [2.24, 2.45) is 5.73 Å². The van der Waals surface area contributed by atoms with E-state index in [2.05, 4.69) is 10.6 Å². The monoisotopic (exact) mass is 331 g/mol. The zero-order valence-corrected chi connectivity index (χ0v) is 13.7. The van der Waals surface area contributed by atoms with Gasteiger partial charge in [0.05, 0.1) is 6.04 Å². The Balaban J connectivity index is 1.80. The zero-order valence-electron chi connectivity index (χ0n) is 12.9. The molecule has 0 aromatic heterocycles. The van der Waals surface area contributed by atoms with Gasteiger partial charge in [0.1, 0.15) is 12.4 Å². The van der Waals surface area contributed by atoms with E-state index in [4.69, 9.17) is 22.7 Å². The van der Waals surface area contributed by atoms with Crippen LogP contribution >= 0.6 is 12.2 Å². The Bertz CT molecular complexity index is 674. The zero-order chi connectivity index (χ0) is 16.4. The van der Waals surface area contributed by atoms with E-state index >= 15 is 0 Å². The van der Waals surface area contributed by atoms with Crippen molar-refractivity contribution in [3.05, 3.63) is 35.7 Å². The number of ether oxygens (including phenoxy) is 1. The van der Waals surface area contributed by atoms with Crippen molar-refractivity contribution >= 4 is 28.9 Å². The lowest BCUT2D eigenvalue weighted by Gasteiger charge is -2.34. The first-order chi connectivity index (χ1) is 11.1. The lowest BCUT2D eigenvalue weighted by molar-refractivity contribution is -0.114. The smallest absolute Gasteiger partial charge is 0.221 e. The summed E-state index contributed by atoms with van der Waals surface area (Å²) in [6.45, 7) is 2.59. The minimum Gasteiger partial charge on any atom is -0.491 e. The fourth-order valence-corrected chi connectivity index (χ4v) is 3.24. The number of anilines is 1. The Morgan fingerprint density at radius 1 is 1.57 bits per heavy atom. The molecule has 0 saturated heterocycles. The predicted octanol–water partition coefficient (Wildman–Crippen LogP) is 1.34. The third-order valence-corrected chi connectivity index (χ3v) is 4.17. The quantitative estimate of drug-likeness (QED) is 0.814. The number of hydrogen-bond acceptors (Lipinski definition) is 4. The molecule has 0 bridgehead atoms. The molecule has 1 radical (unpaired) electrons. The number of nitrogens with one attached hydrogen (secondary N) is 1. The maximum absolute atomic E-state index is 11.2. The van der Waals surface area contributed by atoms with Gasteiger partial charge in [-0.1, -0.05) is 0 Å².